The molecule has 0 spiro atoms. The van der Waals surface area contributed by atoms with E-state index < -0.39 is 10.0 Å². The van der Waals surface area contributed by atoms with Crippen LogP contribution < -0.4 is 0 Å². The normalized spacial score (nSPS) is 23.4. The fourth-order valence-electron chi connectivity index (χ4n) is 6.06. The van der Waals surface area contributed by atoms with Crippen molar-refractivity contribution in [1.29, 1.82) is 0 Å². The fraction of sp³-hybridized carbons (Fsp3) is 0.400. The van der Waals surface area contributed by atoms with Crippen molar-refractivity contribution in [1.82, 2.24) is 9.21 Å². The standard InChI is InChI=1S/C30H36N2O3S/c1-21-10-8-11-26(23(21)3)24-13-15-25(16-14-24)30-27-19-31(17-6-7-18-32(27)28(30)20-33)36(34,35)29-12-5-4-9-22(29)2/h4-5,8-16,27-28,30,33H,6-7,17-20H2,1-3H3/t27?,28-,30+/m1/s1. The second-order valence-corrected chi connectivity index (χ2v) is 12.2. The van der Waals surface area contributed by atoms with Gasteiger partial charge in [-0.2, -0.15) is 4.31 Å². The summed E-state index contributed by atoms with van der Waals surface area (Å²) in [5.41, 5.74) is 6.91. The first-order chi connectivity index (χ1) is 17.3. The molecule has 6 heteroatoms. The van der Waals surface area contributed by atoms with Crippen LogP contribution in [0, 0.1) is 20.8 Å². The first-order valence-electron chi connectivity index (χ1n) is 12.9. The molecular weight excluding hydrogens is 468 g/mol. The van der Waals surface area contributed by atoms with Gasteiger partial charge in [0.2, 0.25) is 10.0 Å². The van der Waals surface area contributed by atoms with Gasteiger partial charge in [0.05, 0.1) is 11.5 Å². The summed E-state index contributed by atoms with van der Waals surface area (Å²) in [5, 5.41) is 10.3. The summed E-state index contributed by atoms with van der Waals surface area (Å²) in [6, 6.07) is 22.3. The molecule has 0 amide bonds. The predicted octanol–water partition coefficient (Wildman–Crippen LogP) is 4.89. The maximum Gasteiger partial charge on any atom is 0.243 e. The molecule has 3 atom stereocenters. The van der Waals surface area contributed by atoms with Gasteiger partial charge in [0, 0.05) is 31.1 Å². The van der Waals surface area contributed by atoms with Crippen LogP contribution in [0.25, 0.3) is 11.1 Å². The number of rotatable bonds is 5. The highest BCUT2D eigenvalue weighted by atomic mass is 32.2. The molecule has 0 aliphatic carbocycles. The minimum atomic E-state index is -3.59. The Morgan fingerprint density at radius 1 is 0.861 bits per heavy atom. The molecule has 1 unspecified atom stereocenters. The van der Waals surface area contributed by atoms with Gasteiger partial charge in [-0.25, -0.2) is 8.42 Å². The lowest BCUT2D eigenvalue weighted by molar-refractivity contribution is -0.0553. The van der Waals surface area contributed by atoms with Crippen LogP contribution in [-0.2, 0) is 10.0 Å². The van der Waals surface area contributed by atoms with Crippen molar-refractivity contribution in [2.75, 3.05) is 26.2 Å². The summed E-state index contributed by atoms with van der Waals surface area (Å²) < 4.78 is 29.0. The van der Waals surface area contributed by atoms with Gasteiger partial charge in [0.25, 0.3) is 0 Å². The molecule has 5 rings (SSSR count). The fourth-order valence-corrected chi connectivity index (χ4v) is 7.78. The summed E-state index contributed by atoms with van der Waals surface area (Å²) in [6.45, 7) is 8.08. The number of fused-ring (bicyclic) bond motifs is 1. The number of hydrogen-bond acceptors (Lipinski definition) is 4. The molecule has 2 saturated heterocycles. The molecule has 0 aromatic heterocycles. The van der Waals surface area contributed by atoms with Crippen LogP contribution in [0.5, 0.6) is 0 Å². The average molecular weight is 505 g/mol. The van der Waals surface area contributed by atoms with E-state index in [0.29, 0.717) is 18.0 Å². The largest absolute Gasteiger partial charge is 0.395 e. The van der Waals surface area contributed by atoms with Gasteiger partial charge in [0.15, 0.2) is 0 Å². The van der Waals surface area contributed by atoms with Crippen molar-refractivity contribution < 1.29 is 13.5 Å². The second kappa shape index (κ2) is 10.1. The molecule has 2 aliphatic rings. The maximum absolute atomic E-state index is 13.7. The third-order valence-corrected chi connectivity index (χ3v) is 10.3. The first-order valence-corrected chi connectivity index (χ1v) is 14.4. The van der Waals surface area contributed by atoms with Crippen molar-refractivity contribution in [2.24, 2.45) is 0 Å². The number of aliphatic hydroxyl groups excluding tert-OH is 1. The molecule has 3 aromatic carbocycles. The van der Waals surface area contributed by atoms with Crippen molar-refractivity contribution in [3.05, 3.63) is 89.0 Å². The zero-order chi connectivity index (χ0) is 25.4. The van der Waals surface area contributed by atoms with Crippen molar-refractivity contribution >= 4 is 10.0 Å². The van der Waals surface area contributed by atoms with E-state index in [9.17, 15) is 13.5 Å². The molecule has 36 heavy (non-hydrogen) atoms. The third kappa shape index (κ3) is 4.41. The Morgan fingerprint density at radius 3 is 2.28 bits per heavy atom. The Morgan fingerprint density at radius 2 is 1.56 bits per heavy atom. The smallest absolute Gasteiger partial charge is 0.243 e. The molecule has 2 heterocycles. The van der Waals surface area contributed by atoms with Crippen LogP contribution in [0.2, 0.25) is 0 Å². The minimum absolute atomic E-state index is 0.0164. The molecule has 5 nitrogen and oxygen atoms in total. The number of benzene rings is 3. The van der Waals surface area contributed by atoms with Gasteiger partial charge in [-0.3, -0.25) is 4.90 Å². The summed E-state index contributed by atoms with van der Waals surface area (Å²) in [6.07, 6.45) is 1.74. The Kier molecular flexibility index (Phi) is 7.05. The van der Waals surface area contributed by atoms with Crippen LogP contribution >= 0.6 is 0 Å². The quantitative estimate of drug-likeness (QED) is 0.537. The SMILES string of the molecule is Cc1ccccc1S(=O)(=O)N1CCCCN2C(C1)[C@H](c1ccc(-c3cccc(C)c3C)cc1)[C@H]2CO. The summed E-state index contributed by atoms with van der Waals surface area (Å²) in [4.78, 5) is 2.72. The van der Waals surface area contributed by atoms with Crippen molar-refractivity contribution in [3.63, 3.8) is 0 Å². The van der Waals surface area contributed by atoms with Gasteiger partial charge in [0.1, 0.15) is 0 Å². The van der Waals surface area contributed by atoms with E-state index in [0.717, 1.165) is 30.5 Å². The number of nitrogens with zero attached hydrogens (tertiary/aromatic N) is 2. The van der Waals surface area contributed by atoms with Crippen LogP contribution in [0.15, 0.2) is 71.6 Å². The van der Waals surface area contributed by atoms with E-state index in [1.165, 1.54) is 22.3 Å². The predicted molar refractivity (Wildman–Crippen MR) is 145 cm³/mol. The number of sulfonamides is 1. The molecule has 3 aromatic rings. The second-order valence-electron chi connectivity index (χ2n) is 10.3. The highest BCUT2D eigenvalue weighted by molar-refractivity contribution is 7.89. The topological polar surface area (TPSA) is 60.9 Å². The van der Waals surface area contributed by atoms with Gasteiger partial charge in [-0.15, -0.1) is 0 Å². The third-order valence-electron chi connectivity index (χ3n) is 8.26. The zero-order valence-corrected chi connectivity index (χ0v) is 22.2. The number of hydrogen-bond donors (Lipinski definition) is 1. The van der Waals surface area contributed by atoms with Crippen LogP contribution in [0.1, 0.15) is 41.0 Å². The lowest BCUT2D eigenvalue weighted by Gasteiger charge is -2.57. The van der Waals surface area contributed by atoms with Crippen LogP contribution in [0.3, 0.4) is 0 Å². The van der Waals surface area contributed by atoms with E-state index in [-0.39, 0.29) is 24.6 Å². The van der Waals surface area contributed by atoms with E-state index in [1.807, 2.05) is 19.1 Å². The molecule has 2 aliphatic heterocycles. The van der Waals surface area contributed by atoms with E-state index >= 15 is 0 Å². The van der Waals surface area contributed by atoms with Gasteiger partial charge >= 0.3 is 0 Å². The zero-order valence-electron chi connectivity index (χ0n) is 21.4. The molecular formula is C30H36N2O3S. The lowest BCUT2D eigenvalue weighted by atomic mass is 9.74. The number of aliphatic hydroxyl groups is 1. The molecule has 0 radical (unpaired) electrons. The molecule has 1 N–H and O–H groups in total. The molecule has 0 saturated carbocycles. The molecule has 190 valence electrons. The Hall–Kier alpha value is -2.51. The van der Waals surface area contributed by atoms with Gasteiger partial charge < -0.3 is 5.11 Å². The van der Waals surface area contributed by atoms with Crippen LogP contribution in [0.4, 0.5) is 0 Å². The number of aryl methyl sites for hydroxylation is 2. The Bertz CT molecular complexity index is 1340. The first kappa shape index (κ1) is 25.2. The van der Waals surface area contributed by atoms with Gasteiger partial charge in [-0.1, -0.05) is 60.7 Å². The minimum Gasteiger partial charge on any atom is -0.395 e. The highest BCUT2D eigenvalue weighted by Gasteiger charge is 2.50. The van der Waals surface area contributed by atoms with E-state index in [1.54, 1.807) is 16.4 Å². The molecule has 2 fully saturated rings. The highest BCUT2D eigenvalue weighted by Crippen LogP contribution is 2.43. The van der Waals surface area contributed by atoms with Crippen molar-refractivity contribution in [3.8, 4) is 11.1 Å². The van der Waals surface area contributed by atoms with Gasteiger partial charge in [-0.05, 0) is 79.6 Å². The Labute approximate surface area is 215 Å². The maximum atomic E-state index is 13.7. The summed E-state index contributed by atoms with van der Waals surface area (Å²) in [5.74, 6) is 0.0929. The van der Waals surface area contributed by atoms with E-state index in [4.69, 9.17) is 0 Å². The van der Waals surface area contributed by atoms with Crippen molar-refractivity contribution in [2.45, 2.75) is 56.5 Å². The Balaban J connectivity index is 1.44. The lowest BCUT2D eigenvalue weighted by Crippen LogP contribution is -2.67. The van der Waals surface area contributed by atoms with Crippen LogP contribution in [-0.4, -0.2) is 61.1 Å². The van der Waals surface area contributed by atoms with E-state index in [2.05, 4.69) is 61.2 Å². The summed E-state index contributed by atoms with van der Waals surface area (Å²) in [7, 11) is -3.59. The molecule has 0 bridgehead atoms. The monoisotopic (exact) mass is 504 g/mol. The summed E-state index contributed by atoms with van der Waals surface area (Å²) >= 11 is 0. The average Bonchev–Trinajstić information content (AvgIpc) is 2.85.